The number of nitrogens with two attached hydrogens (primary N) is 1. The number of rotatable bonds is 8. The van der Waals surface area contributed by atoms with Crippen LogP contribution in [0.4, 0.5) is 0 Å². The molecule has 0 fully saturated rings. The fraction of sp³-hybridized carbons (Fsp3) is 0.538. The van der Waals surface area contributed by atoms with Crippen molar-refractivity contribution in [3.8, 4) is 5.75 Å². The number of halogens is 2. The molecule has 0 saturated carbocycles. The lowest BCUT2D eigenvalue weighted by Crippen LogP contribution is -2.13. The summed E-state index contributed by atoms with van der Waals surface area (Å²) in [4.78, 5) is -0.227. The van der Waals surface area contributed by atoms with Crippen LogP contribution >= 0.6 is 23.2 Å². The highest BCUT2D eigenvalue weighted by Crippen LogP contribution is 2.36. The van der Waals surface area contributed by atoms with E-state index in [1.54, 1.807) is 0 Å². The molecule has 1 aromatic carbocycles. The lowest BCUT2D eigenvalue weighted by molar-refractivity contribution is 0.0926. The Morgan fingerprint density at radius 2 is 1.81 bits per heavy atom. The summed E-state index contributed by atoms with van der Waals surface area (Å²) in [6.45, 7) is 5.61. The quantitative estimate of drug-likeness (QED) is 0.726. The third-order valence-electron chi connectivity index (χ3n) is 2.64. The van der Waals surface area contributed by atoms with Gasteiger partial charge in [-0.15, -0.1) is 0 Å². The highest BCUT2D eigenvalue weighted by molar-refractivity contribution is 7.89. The van der Waals surface area contributed by atoms with Crippen molar-refractivity contribution in [3.05, 3.63) is 22.2 Å². The number of benzene rings is 1. The zero-order valence-corrected chi connectivity index (χ0v) is 14.3. The van der Waals surface area contributed by atoms with Crippen molar-refractivity contribution >= 4 is 33.2 Å². The minimum atomic E-state index is -3.91. The van der Waals surface area contributed by atoms with Crippen LogP contribution in [-0.2, 0) is 14.8 Å². The van der Waals surface area contributed by atoms with Gasteiger partial charge in [0.15, 0.2) is 0 Å². The van der Waals surface area contributed by atoms with E-state index in [2.05, 4.69) is 13.8 Å². The molecule has 2 N–H and O–H groups in total. The predicted octanol–water partition coefficient (Wildman–Crippen LogP) is 3.08. The molecule has 1 aromatic rings. The number of hydrogen-bond acceptors (Lipinski definition) is 4. The second kappa shape index (κ2) is 8.19. The summed E-state index contributed by atoms with van der Waals surface area (Å²) in [5, 5.41) is 4.90. The topological polar surface area (TPSA) is 78.6 Å². The van der Waals surface area contributed by atoms with Crippen LogP contribution in [0, 0.1) is 5.92 Å². The lowest BCUT2D eigenvalue weighted by Gasteiger charge is -2.11. The van der Waals surface area contributed by atoms with Crippen molar-refractivity contribution < 1.29 is 17.9 Å². The van der Waals surface area contributed by atoms with Gasteiger partial charge < -0.3 is 9.47 Å². The average molecular weight is 356 g/mol. The van der Waals surface area contributed by atoms with Gasteiger partial charge in [-0.05, 0) is 24.5 Å². The zero-order chi connectivity index (χ0) is 16.0. The zero-order valence-electron chi connectivity index (χ0n) is 11.9. The predicted molar refractivity (Wildman–Crippen MR) is 83.6 cm³/mol. The van der Waals surface area contributed by atoms with E-state index < -0.39 is 10.0 Å². The third-order valence-corrected chi connectivity index (χ3v) is 4.57. The van der Waals surface area contributed by atoms with E-state index in [0.717, 1.165) is 6.42 Å². The van der Waals surface area contributed by atoms with Crippen LogP contribution in [0.5, 0.6) is 5.75 Å². The Kier molecular flexibility index (Phi) is 7.23. The third kappa shape index (κ3) is 6.00. The molecule has 0 bridgehead atoms. The number of hydrogen-bond donors (Lipinski definition) is 1. The molecule has 5 nitrogen and oxygen atoms in total. The smallest absolute Gasteiger partial charge is 0.239 e. The van der Waals surface area contributed by atoms with Gasteiger partial charge in [-0.3, -0.25) is 0 Å². The molecule has 0 saturated heterocycles. The van der Waals surface area contributed by atoms with E-state index in [-0.39, 0.29) is 14.9 Å². The van der Waals surface area contributed by atoms with E-state index >= 15 is 0 Å². The maximum Gasteiger partial charge on any atom is 0.239 e. The molecule has 0 radical (unpaired) electrons. The minimum Gasteiger partial charge on any atom is -0.490 e. The molecule has 0 unspecified atom stereocenters. The molecule has 0 amide bonds. The fourth-order valence-electron chi connectivity index (χ4n) is 1.48. The van der Waals surface area contributed by atoms with Crippen LogP contribution in [-0.4, -0.2) is 28.2 Å². The van der Waals surface area contributed by atoms with Crippen LogP contribution in [0.1, 0.15) is 20.3 Å². The lowest BCUT2D eigenvalue weighted by atomic mass is 10.1. The first kappa shape index (κ1) is 18.5. The Balaban J connectivity index is 2.56. The Labute approximate surface area is 135 Å². The summed E-state index contributed by atoms with van der Waals surface area (Å²) in [7, 11) is -3.91. The molecule has 0 aromatic heterocycles. The fourth-order valence-corrected chi connectivity index (χ4v) is 2.84. The summed E-state index contributed by atoms with van der Waals surface area (Å²) in [5.41, 5.74) is 0. The van der Waals surface area contributed by atoms with Crippen LogP contribution in [0.3, 0.4) is 0 Å². The van der Waals surface area contributed by atoms with Crippen molar-refractivity contribution in [2.45, 2.75) is 25.2 Å². The van der Waals surface area contributed by atoms with Gasteiger partial charge in [0.05, 0.1) is 11.6 Å². The normalized spacial score (nSPS) is 11.9. The molecule has 0 aliphatic heterocycles. The van der Waals surface area contributed by atoms with Gasteiger partial charge in [0.2, 0.25) is 10.0 Å². The van der Waals surface area contributed by atoms with Crippen molar-refractivity contribution in [2.24, 2.45) is 11.1 Å². The molecule has 0 aliphatic rings. The van der Waals surface area contributed by atoms with Crippen molar-refractivity contribution in [1.82, 2.24) is 0 Å². The molecule has 8 heteroatoms. The highest BCUT2D eigenvalue weighted by Gasteiger charge is 2.18. The van der Waals surface area contributed by atoms with Gasteiger partial charge in [0.25, 0.3) is 0 Å². The largest absolute Gasteiger partial charge is 0.490 e. The number of primary sulfonamides is 1. The second-order valence-electron chi connectivity index (χ2n) is 4.88. The summed E-state index contributed by atoms with van der Waals surface area (Å²) < 4.78 is 33.4. The van der Waals surface area contributed by atoms with E-state index in [1.807, 2.05) is 0 Å². The Morgan fingerprint density at radius 3 is 2.38 bits per heavy atom. The van der Waals surface area contributed by atoms with Crippen LogP contribution in [0.25, 0.3) is 0 Å². The minimum absolute atomic E-state index is 0.0189. The van der Waals surface area contributed by atoms with E-state index in [1.165, 1.54) is 12.1 Å². The molecule has 0 heterocycles. The van der Waals surface area contributed by atoms with E-state index in [4.69, 9.17) is 37.8 Å². The Morgan fingerprint density at radius 1 is 1.14 bits per heavy atom. The molecule has 0 aliphatic carbocycles. The van der Waals surface area contributed by atoms with Gasteiger partial charge in [-0.1, -0.05) is 37.0 Å². The number of sulfonamides is 1. The first-order chi connectivity index (χ1) is 9.73. The Bertz CT molecular complexity index is 576. The van der Waals surface area contributed by atoms with Gasteiger partial charge in [-0.25, -0.2) is 13.6 Å². The molecular formula is C13H19Cl2NO4S. The van der Waals surface area contributed by atoms with Gasteiger partial charge in [-0.2, -0.15) is 0 Å². The SMILES string of the molecule is CC(C)CCOCCOc1ccc(S(N)(=O)=O)c(Cl)c1Cl. The maximum absolute atomic E-state index is 11.3. The maximum atomic E-state index is 11.3. The number of ether oxygens (including phenoxy) is 2. The molecular weight excluding hydrogens is 337 g/mol. The second-order valence-corrected chi connectivity index (χ2v) is 7.16. The van der Waals surface area contributed by atoms with Crippen LogP contribution in [0.2, 0.25) is 10.0 Å². The Hall–Kier alpha value is -0.530. The summed E-state index contributed by atoms with van der Waals surface area (Å²) in [6, 6.07) is 2.68. The molecule has 21 heavy (non-hydrogen) atoms. The van der Waals surface area contributed by atoms with Gasteiger partial charge in [0.1, 0.15) is 22.3 Å². The van der Waals surface area contributed by atoms with E-state index in [9.17, 15) is 8.42 Å². The summed E-state index contributed by atoms with van der Waals surface area (Å²) in [5.74, 6) is 0.881. The summed E-state index contributed by atoms with van der Waals surface area (Å²) >= 11 is 11.8. The molecule has 0 atom stereocenters. The summed E-state index contributed by atoms with van der Waals surface area (Å²) in [6.07, 6.45) is 0.982. The van der Waals surface area contributed by atoms with Gasteiger partial charge in [0, 0.05) is 6.61 Å². The first-order valence-corrected chi connectivity index (χ1v) is 8.75. The average Bonchev–Trinajstić information content (AvgIpc) is 2.36. The standard InChI is InChI=1S/C13H19Cl2NO4S/c1-9(2)5-6-19-7-8-20-10-3-4-11(21(16,17)18)13(15)12(10)14/h3-4,9H,5-8H2,1-2H3,(H2,16,17,18). The molecule has 0 spiro atoms. The molecule has 120 valence electrons. The van der Waals surface area contributed by atoms with Crippen LogP contribution in [0.15, 0.2) is 17.0 Å². The van der Waals surface area contributed by atoms with E-state index in [0.29, 0.717) is 31.5 Å². The first-order valence-electron chi connectivity index (χ1n) is 6.44. The monoisotopic (exact) mass is 355 g/mol. The van der Waals surface area contributed by atoms with Crippen molar-refractivity contribution in [2.75, 3.05) is 19.8 Å². The molecule has 1 rings (SSSR count). The highest BCUT2D eigenvalue weighted by atomic mass is 35.5. The van der Waals surface area contributed by atoms with Gasteiger partial charge >= 0.3 is 0 Å². The van der Waals surface area contributed by atoms with Crippen LogP contribution < -0.4 is 9.88 Å². The van der Waals surface area contributed by atoms with Crippen molar-refractivity contribution in [3.63, 3.8) is 0 Å². The van der Waals surface area contributed by atoms with Crippen molar-refractivity contribution in [1.29, 1.82) is 0 Å².